The number of aliphatic hydroxyl groups excluding tert-OH is 13. The smallest absolute Gasteiger partial charge is 0.246 e. The van der Waals surface area contributed by atoms with Gasteiger partial charge in [-0.3, -0.25) is 101 Å². The van der Waals surface area contributed by atoms with Gasteiger partial charge in [0.2, 0.25) is 65.0 Å². The number of aromatic hydroxyl groups is 2. The maximum atomic E-state index is 11.9. The van der Waals surface area contributed by atoms with Gasteiger partial charge in [-0.15, -0.1) is 0 Å². The second-order valence-electron chi connectivity index (χ2n) is 33.6. The maximum absolute atomic E-state index is 11.9. The van der Waals surface area contributed by atoms with Gasteiger partial charge < -0.3 is 134 Å². The van der Waals surface area contributed by atoms with Crippen LogP contribution >= 0.6 is 0 Å². The van der Waals surface area contributed by atoms with Crippen LogP contribution in [0.5, 0.6) is 11.5 Å². The summed E-state index contributed by atoms with van der Waals surface area (Å²) >= 11 is 0. The van der Waals surface area contributed by atoms with Gasteiger partial charge in [0.1, 0.15) is 0 Å². The molecule has 1 aromatic rings. The fourth-order valence-corrected chi connectivity index (χ4v) is 13.6. The van der Waals surface area contributed by atoms with E-state index in [-0.39, 0.29) is 232 Å². The Morgan fingerprint density at radius 3 is 0.972 bits per heavy atom. The molecule has 23 N–H and O–H groups in total. The molecule has 47 heteroatoms. The van der Waals surface area contributed by atoms with Gasteiger partial charge in [0.15, 0.2) is 69.3 Å². The standard InChI is InChI=1S/C18H19NO5.C14H19NO6.2C13H16N2O5.C13H18N2O5.C13H17NO5.C12H16N2O5/c1-11-14(16(22)10-18(24)19-11)7-6-13(20)4-2-3-12-5-8-15(21)17(23)9-12;1-9-11(12(20)4-13(21)15-9)3-2-10(19)5-14(6-16,7-17)8-18;2*1-7-8(9(16)4-12(19)14-7)2-3-13(20)15-5-10(17)11(18)6-15;1-8-10(11(18)5-12(19)14-8)3-4-13(20)15(2)6-9(17)7-16;1-8-11(12(18)6-13(19)14-8)5-4-9(16)2-3-10(17)7-15;1-7-9(10(17)4-12(19)14-7)2-3-11(18)13-5-8(16)6-15/h5-9,21,23H,2-4,10H2,1H3,(H,19,24);2-3,16-18H,4-8H2,1H3,(H,15,21);2*2-3,10-11,17-18H,4-6H2,1H3,(H,14,19);3-4,9,16-17H,5-7H2,1-2H3,(H,14,19);4-5,10,15,17H,2-3,6-7H2,1H3,(H,14,19);2-3,8,15-16H,4-6H2,1H3,(H,13,18)(H,14,19)/b7-6+;3*3-2+;4-3+;5-4+;3-2+/t;;2*10-,11+;;10-;8-/m.....01/s1. The van der Waals surface area contributed by atoms with E-state index in [0.29, 0.717) is 81.4 Å². The summed E-state index contributed by atoms with van der Waals surface area (Å²) < 4.78 is 0. The van der Waals surface area contributed by atoms with Crippen molar-refractivity contribution < 1.29 is 177 Å². The van der Waals surface area contributed by atoms with Gasteiger partial charge in [-0.25, -0.2) is 0 Å². The van der Waals surface area contributed by atoms with Crippen molar-refractivity contribution in [2.24, 2.45) is 5.41 Å². The number of allylic oxidation sites excluding steroid dienone is 24. The average molecular weight is 2010 g/mol. The van der Waals surface area contributed by atoms with E-state index < -0.39 is 111 Å². The number of benzene rings is 1. The Hall–Kier alpha value is -14.5. The molecule has 0 aliphatic carbocycles. The number of aryl methyl sites for hydroxylation is 1. The lowest BCUT2D eigenvalue weighted by molar-refractivity contribution is -0.128. The Labute approximate surface area is 819 Å². The number of likely N-dealkylation sites (tertiary alicyclic amines) is 2. The van der Waals surface area contributed by atoms with E-state index in [1.165, 1.54) is 107 Å². The first kappa shape index (κ1) is 121. The minimum Gasteiger partial charge on any atom is -0.504 e. The molecule has 2 saturated heterocycles. The van der Waals surface area contributed by atoms with Crippen molar-refractivity contribution in [2.45, 2.75) is 175 Å². The number of amides is 11. The Kier molecular flexibility index (Phi) is 50.1. The number of phenols is 2. The summed E-state index contributed by atoms with van der Waals surface area (Å²) in [4.78, 5) is 245. The third kappa shape index (κ3) is 40.9. The molecule has 7 atom stereocenters. The Morgan fingerprint density at radius 2 is 0.678 bits per heavy atom. The highest BCUT2D eigenvalue weighted by Crippen LogP contribution is 2.28. The van der Waals surface area contributed by atoms with E-state index in [0.717, 1.165) is 17.7 Å². The number of carbonyl (C=O) groups excluding carboxylic acids is 21. The Morgan fingerprint density at radius 1 is 0.392 bits per heavy atom. The molecule has 9 aliphatic heterocycles. The number of rotatable bonds is 33. The number of likely N-dealkylation sites (N-methyl/N-ethyl adjacent to an activating group) is 1. The normalized spacial score (nSPS) is 19.8. The molecule has 1 aromatic carbocycles. The summed E-state index contributed by atoms with van der Waals surface area (Å²) in [5.41, 5.74) is 4.50. The van der Waals surface area contributed by atoms with Gasteiger partial charge in [0, 0.05) is 174 Å². The molecule has 0 spiro atoms. The van der Waals surface area contributed by atoms with Crippen LogP contribution in [0, 0.1) is 5.41 Å². The molecule has 11 amide bonds. The molecule has 9 aliphatic rings. The first-order valence-electron chi connectivity index (χ1n) is 44.4. The summed E-state index contributed by atoms with van der Waals surface area (Å²) in [5.74, 6) is -7.76. The number of ketones is 10. The predicted octanol–water partition coefficient (Wildman–Crippen LogP) is -5.62. The molecule has 143 heavy (non-hydrogen) atoms. The summed E-state index contributed by atoms with van der Waals surface area (Å²) in [6.07, 6.45) is 11.2. The van der Waals surface area contributed by atoms with Crippen molar-refractivity contribution in [1.29, 1.82) is 0 Å². The lowest BCUT2D eigenvalue weighted by Gasteiger charge is -2.25. The van der Waals surface area contributed by atoms with Crippen molar-refractivity contribution in [3.05, 3.63) is 188 Å². The van der Waals surface area contributed by atoms with E-state index in [9.17, 15) is 136 Å². The van der Waals surface area contributed by atoms with Gasteiger partial charge in [-0.2, -0.15) is 0 Å². The number of hydrogen-bond acceptors (Lipinski definition) is 36. The zero-order valence-electron chi connectivity index (χ0n) is 79.7. The zero-order valence-corrected chi connectivity index (χ0v) is 79.7. The lowest BCUT2D eigenvalue weighted by atomic mass is 9.85. The number of nitrogens with zero attached hydrogens (tertiary/aromatic N) is 3. The minimum atomic E-state index is -1.28. The number of hydrogen-bond donors (Lipinski definition) is 23. The second-order valence-corrected chi connectivity index (χ2v) is 33.6. The molecule has 9 heterocycles. The van der Waals surface area contributed by atoms with E-state index in [4.69, 9.17) is 40.9 Å². The third-order valence-corrected chi connectivity index (χ3v) is 21.7. The zero-order chi connectivity index (χ0) is 108. The van der Waals surface area contributed by atoms with Gasteiger partial charge >= 0.3 is 0 Å². The molecule has 1 unspecified atom stereocenters. The number of nitrogens with one attached hydrogen (secondary N) is 8. The van der Waals surface area contributed by atoms with Crippen molar-refractivity contribution in [3.63, 3.8) is 0 Å². The molecule has 0 saturated carbocycles. The predicted molar refractivity (Wildman–Crippen MR) is 500 cm³/mol. The van der Waals surface area contributed by atoms with Crippen LogP contribution in [-0.4, -0.2) is 343 Å². The first-order chi connectivity index (χ1) is 67.2. The van der Waals surface area contributed by atoms with E-state index >= 15 is 0 Å². The molecule has 2 fully saturated rings. The number of carbonyl (C=O) groups is 21. The number of β-amino-alcohol motifs (C(OH)–C–C–N with tert-alkyl or cyclic N) is 4. The van der Waals surface area contributed by atoms with Crippen LogP contribution in [0.15, 0.2) is 182 Å². The monoisotopic (exact) mass is 2000 g/mol. The fraction of sp³-hybridized carbons (Fsp3) is 0.427. The summed E-state index contributed by atoms with van der Waals surface area (Å²) in [7, 11) is 1.47. The largest absolute Gasteiger partial charge is 0.504 e. The molecular weight excluding hydrogens is 1880 g/mol. The average Bonchev–Trinajstić information content (AvgIpc) is 1.79. The summed E-state index contributed by atoms with van der Waals surface area (Å²) in [5, 5.41) is 157. The number of phenolic OH excluding ortho intramolecular Hbond substituents is 2. The Balaban J connectivity index is 0.000000348. The highest BCUT2D eigenvalue weighted by Gasteiger charge is 2.36. The third-order valence-electron chi connectivity index (χ3n) is 21.7. The van der Waals surface area contributed by atoms with Crippen molar-refractivity contribution in [3.8, 4) is 11.5 Å². The van der Waals surface area contributed by atoms with Gasteiger partial charge in [0.05, 0.1) is 127 Å². The number of aliphatic hydroxyl groups is 13. The van der Waals surface area contributed by atoms with Crippen LogP contribution in [0.4, 0.5) is 0 Å². The van der Waals surface area contributed by atoms with Gasteiger partial charge in [-0.1, -0.05) is 6.07 Å². The first-order valence-corrected chi connectivity index (χ1v) is 44.4. The fourth-order valence-electron chi connectivity index (χ4n) is 13.6. The van der Waals surface area contributed by atoms with Crippen molar-refractivity contribution in [2.75, 3.05) is 86.0 Å². The quantitative estimate of drug-likeness (QED) is 0.0177. The SMILES string of the molecule is CC1=C(/C=C/C(=O)CC(CO)(CO)CO)C(=O)CC(=O)N1.CC1=C(/C=C/C(=O)CCCc2ccc(O)c(O)c2)C(=O)CC(=O)N1.CC1=C(/C=C/C(=O)CC[C@H](O)CO)C(=O)CC(=O)N1.CC1=C(/C=C/C(=O)N(C)CC(O)CO)C(=O)CC(=O)N1.CC1=C(/C=C/C(=O)N2C[C@@H](O)[C@@H](O)C2)C(=O)CC(=O)N1.CC1=C(/C=C/C(=O)N2C[C@@H](O)[C@@H](O)C2)C(=O)CC(=O)N1.CC1=C(/C=C/C(=O)NC[C@@H](O)CO)C(=O)CC(=O)N1. The van der Waals surface area contributed by atoms with Crippen LogP contribution in [-0.2, 0) is 107 Å². The van der Waals surface area contributed by atoms with E-state index in [1.54, 1.807) is 54.5 Å². The van der Waals surface area contributed by atoms with Gasteiger partial charge in [-0.05, 0) is 146 Å². The second kappa shape index (κ2) is 59.3. The Bertz CT molecular complexity index is 5330. The van der Waals surface area contributed by atoms with Crippen LogP contribution in [0.2, 0.25) is 0 Å². The highest BCUT2D eigenvalue weighted by atomic mass is 16.4. The molecule has 47 nitrogen and oxygen atoms in total. The molecule has 0 radical (unpaired) electrons. The van der Waals surface area contributed by atoms with Crippen LogP contribution in [0.1, 0.15) is 131 Å². The lowest BCUT2D eigenvalue weighted by Crippen LogP contribution is -2.36. The number of Topliss-reactive ketones (excluding diaryl/α,β-unsaturated/α-hetero) is 7. The topological polar surface area (TPSA) is 768 Å². The minimum absolute atomic E-state index is 0.0115. The molecule has 10 rings (SSSR count). The molecule has 776 valence electrons. The van der Waals surface area contributed by atoms with Crippen molar-refractivity contribution in [1.82, 2.24) is 57.2 Å². The van der Waals surface area contributed by atoms with E-state index in [1.807, 2.05) is 0 Å². The van der Waals surface area contributed by atoms with Gasteiger partial charge in [0.25, 0.3) is 0 Å². The molecule has 0 aromatic heterocycles. The van der Waals surface area contributed by atoms with Crippen LogP contribution in [0.3, 0.4) is 0 Å². The van der Waals surface area contributed by atoms with Crippen molar-refractivity contribution >= 4 is 123 Å². The summed E-state index contributed by atoms with van der Waals surface area (Å²) in [6.45, 7) is 8.39. The van der Waals surface area contributed by atoms with Crippen LogP contribution < -0.4 is 42.5 Å². The van der Waals surface area contributed by atoms with E-state index in [2.05, 4.69) is 42.5 Å². The molecular formula is C96H121N11O36. The van der Waals surface area contributed by atoms with Crippen LogP contribution in [0.25, 0.3) is 0 Å². The highest BCUT2D eigenvalue weighted by molar-refractivity contribution is 6.17. The summed E-state index contributed by atoms with van der Waals surface area (Å²) in [6, 6.07) is 4.56. The maximum Gasteiger partial charge on any atom is 0.246 e. The molecule has 0 bridgehead atoms.